The Labute approximate surface area is 153 Å². The van der Waals surface area contributed by atoms with Crippen LogP contribution < -0.4 is 10.1 Å². The maximum Gasteiger partial charge on any atom is 0.347 e. The van der Waals surface area contributed by atoms with Crippen LogP contribution >= 0.6 is 0 Å². The molecule has 0 bridgehead atoms. The molecule has 0 aliphatic carbocycles. The summed E-state index contributed by atoms with van der Waals surface area (Å²) in [5.41, 5.74) is 1.18. The second-order valence-electron chi connectivity index (χ2n) is 7.34. The summed E-state index contributed by atoms with van der Waals surface area (Å²) >= 11 is 0. The number of ether oxygens (including phenoxy) is 2. The number of imide groups is 1. The van der Waals surface area contributed by atoms with Crippen molar-refractivity contribution in [3.05, 3.63) is 29.8 Å². The Kier molecular flexibility index (Phi) is 5.90. The number of hydrogen-bond acceptors (Lipinski definition) is 5. The van der Waals surface area contributed by atoms with Crippen LogP contribution in [0.1, 0.15) is 40.2 Å². The lowest BCUT2D eigenvalue weighted by Crippen LogP contribution is -2.43. The van der Waals surface area contributed by atoms with Crippen molar-refractivity contribution in [2.24, 2.45) is 0 Å². The van der Waals surface area contributed by atoms with Gasteiger partial charge in [-0.05, 0) is 37.0 Å². The highest BCUT2D eigenvalue weighted by Crippen LogP contribution is 2.24. The molecule has 7 nitrogen and oxygen atoms in total. The highest BCUT2D eigenvalue weighted by molar-refractivity contribution is 5.98. The van der Waals surface area contributed by atoms with Crippen molar-refractivity contribution < 1.29 is 23.9 Å². The Morgan fingerprint density at radius 3 is 2.23 bits per heavy atom. The lowest BCUT2D eigenvalue weighted by atomic mass is 9.87. The summed E-state index contributed by atoms with van der Waals surface area (Å²) < 4.78 is 10.7. The number of carbonyl (C=O) groups is 3. The summed E-state index contributed by atoms with van der Waals surface area (Å²) in [4.78, 5) is 36.9. The summed E-state index contributed by atoms with van der Waals surface area (Å²) in [5.74, 6) is -0.666. The van der Waals surface area contributed by atoms with Gasteiger partial charge in [-0.2, -0.15) is 0 Å². The number of carbonyl (C=O) groups excluding carboxylic acids is 3. The van der Waals surface area contributed by atoms with Crippen molar-refractivity contribution in [3.8, 4) is 5.75 Å². The van der Waals surface area contributed by atoms with Gasteiger partial charge in [-0.25, -0.2) is 9.59 Å². The Morgan fingerprint density at radius 2 is 1.73 bits per heavy atom. The molecule has 1 saturated heterocycles. The van der Waals surface area contributed by atoms with Crippen molar-refractivity contribution >= 4 is 17.9 Å². The number of hydrogen-bond donors (Lipinski definition) is 1. The van der Waals surface area contributed by atoms with Crippen LogP contribution in [0.3, 0.4) is 0 Å². The number of nitrogens with zero attached hydrogens (tertiary/aromatic N) is 1. The number of urea groups is 1. The third-order valence-corrected chi connectivity index (χ3v) is 4.13. The maximum atomic E-state index is 12.2. The summed E-state index contributed by atoms with van der Waals surface area (Å²) in [6.07, 6.45) is -1.93. The number of esters is 1. The van der Waals surface area contributed by atoms with Crippen LogP contribution in [0.15, 0.2) is 24.3 Å². The number of amides is 3. The van der Waals surface area contributed by atoms with Crippen LogP contribution in [0, 0.1) is 0 Å². The normalized spacial score (nSPS) is 16.7. The van der Waals surface area contributed by atoms with Gasteiger partial charge >= 0.3 is 12.0 Å². The van der Waals surface area contributed by atoms with Crippen molar-refractivity contribution in [1.82, 2.24) is 10.2 Å². The van der Waals surface area contributed by atoms with E-state index < -0.39 is 30.1 Å². The standard InChI is InChI=1S/C19H26N2O5/c1-12(16(22)21-11-10-20-18(21)24)26-17(23)13(2)25-15-8-6-14(7-9-15)19(3,4)5/h6-9,12-13H,10-11H2,1-5H3,(H,20,24)/t12-,13-/m1/s1. The van der Waals surface area contributed by atoms with E-state index in [0.717, 1.165) is 10.5 Å². The average Bonchev–Trinajstić information content (AvgIpc) is 2.99. The summed E-state index contributed by atoms with van der Waals surface area (Å²) in [7, 11) is 0. The molecule has 1 fully saturated rings. The second kappa shape index (κ2) is 7.76. The van der Waals surface area contributed by atoms with Crippen LogP contribution in [0.2, 0.25) is 0 Å². The second-order valence-corrected chi connectivity index (χ2v) is 7.34. The van der Waals surface area contributed by atoms with E-state index in [1.165, 1.54) is 6.92 Å². The zero-order valence-corrected chi connectivity index (χ0v) is 15.9. The molecule has 1 aromatic rings. The van der Waals surface area contributed by atoms with Crippen molar-refractivity contribution in [3.63, 3.8) is 0 Å². The predicted molar refractivity (Wildman–Crippen MR) is 95.9 cm³/mol. The molecule has 0 unspecified atom stereocenters. The molecule has 142 valence electrons. The first kappa shape index (κ1) is 19.8. The lowest BCUT2D eigenvalue weighted by Gasteiger charge is -2.21. The summed E-state index contributed by atoms with van der Waals surface area (Å²) in [5, 5.41) is 2.53. The minimum absolute atomic E-state index is 0.0285. The van der Waals surface area contributed by atoms with Crippen LogP contribution in [0.25, 0.3) is 0 Å². The van der Waals surface area contributed by atoms with Gasteiger partial charge in [0.05, 0.1) is 0 Å². The van der Waals surface area contributed by atoms with E-state index in [1.54, 1.807) is 19.1 Å². The Hall–Kier alpha value is -2.57. The fourth-order valence-corrected chi connectivity index (χ4v) is 2.51. The third-order valence-electron chi connectivity index (χ3n) is 4.13. The smallest absolute Gasteiger partial charge is 0.347 e. The minimum atomic E-state index is -1.05. The molecule has 0 saturated carbocycles. The molecule has 2 atom stereocenters. The van der Waals surface area contributed by atoms with Crippen molar-refractivity contribution in [2.75, 3.05) is 13.1 Å². The fraction of sp³-hybridized carbons (Fsp3) is 0.526. The van der Waals surface area contributed by atoms with E-state index in [0.29, 0.717) is 12.3 Å². The van der Waals surface area contributed by atoms with Gasteiger partial charge < -0.3 is 14.8 Å². The fourth-order valence-electron chi connectivity index (χ4n) is 2.51. The van der Waals surface area contributed by atoms with Crippen LogP contribution in [-0.2, 0) is 19.7 Å². The van der Waals surface area contributed by atoms with Gasteiger partial charge in [-0.15, -0.1) is 0 Å². The highest BCUT2D eigenvalue weighted by Gasteiger charge is 2.32. The van der Waals surface area contributed by atoms with Gasteiger partial charge in [0.25, 0.3) is 5.91 Å². The molecule has 1 aliphatic heterocycles. The van der Waals surface area contributed by atoms with Gasteiger partial charge in [0.2, 0.25) is 0 Å². The topological polar surface area (TPSA) is 84.9 Å². The Bertz CT molecular complexity index is 678. The van der Waals surface area contributed by atoms with Crippen molar-refractivity contribution in [2.45, 2.75) is 52.2 Å². The van der Waals surface area contributed by atoms with Crippen LogP contribution in [-0.4, -0.2) is 48.1 Å². The third kappa shape index (κ3) is 4.74. The number of rotatable bonds is 5. The molecule has 1 heterocycles. The Morgan fingerprint density at radius 1 is 1.12 bits per heavy atom. The summed E-state index contributed by atoms with van der Waals surface area (Å²) in [6, 6.07) is 7.03. The molecule has 1 N–H and O–H groups in total. The molecule has 1 aliphatic rings. The molecule has 7 heteroatoms. The molecule has 0 spiro atoms. The van der Waals surface area contributed by atoms with Gasteiger partial charge in [-0.3, -0.25) is 9.69 Å². The van der Waals surface area contributed by atoms with E-state index in [9.17, 15) is 14.4 Å². The van der Waals surface area contributed by atoms with E-state index in [2.05, 4.69) is 26.1 Å². The first-order valence-electron chi connectivity index (χ1n) is 8.66. The monoisotopic (exact) mass is 362 g/mol. The zero-order valence-electron chi connectivity index (χ0n) is 15.9. The summed E-state index contributed by atoms with van der Waals surface area (Å²) in [6.45, 7) is 10.0. The SMILES string of the molecule is C[C@@H](Oc1ccc(C(C)(C)C)cc1)C(=O)O[C@H](C)C(=O)N1CCNC1=O. The van der Waals surface area contributed by atoms with Gasteiger partial charge in [0.1, 0.15) is 5.75 Å². The molecule has 1 aromatic carbocycles. The minimum Gasteiger partial charge on any atom is -0.479 e. The predicted octanol–water partition coefficient (Wildman–Crippen LogP) is 2.23. The maximum absolute atomic E-state index is 12.2. The van der Waals surface area contributed by atoms with E-state index in [1.807, 2.05) is 12.1 Å². The van der Waals surface area contributed by atoms with Gasteiger partial charge in [-0.1, -0.05) is 32.9 Å². The van der Waals surface area contributed by atoms with Gasteiger partial charge in [0.15, 0.2) is 12.2 Å². The van der Waals surface area contributed by atoms with Gasteiger partial charge in [0, 0.05) is 13.1 Å². The molecular formula is C19H26N2O5. The molecule has 2 rings (SSSR count). The average molecular weight is 362 g/mol. The molecule has 0 aromatic heterocycles. The molecule has 3 amide bonds. The van der Waals surface area contributed by atoms with E-state index >= 15 is 0 Å². The first-order valence-corrected chi connectivity index (χ1v) is 8.66. The largest absolute Gasteiger partial charge is 0.479 e. The molecule has 0 radical (unpaired) electrons. The molecule has 26 heavy (non-hydrogen) atoms. The number of benzene rings is 1. The molecular weight excluding hydrogens is 336 g/mol. The van der Waals surface area contributed by atoms with E-state index in [-0.39, 0.29) is 12.0 Å². The van der Waals surface area contributed by atoms with E-state index in [4.69, 9.17) is 9.47 Å². The van der Waals surface area contributed by atoms with Crippen LogP contribution in [0.5, 0.6) is 5.75 Å². The first-order chi connectivity index (χ1) is 12.1. The van der Waals surface area contributed by atoms with Crippen molar-refractivity contribution in [1.29, 1.82) is 0 Å². The lowest BCUT2D eigenvalue weighted by molar-refractivity contribution is -0.163. The van der Waals surface area contributed by atoms with Crippen LogP contribution in [0.4, 0.5) is 4.79 Å². The Balaban J connectivity index is 1.90. The zero-order chi connectivity index (χ0) is 19.5. The highest BCUT2D eigenvalue weighted by atomic mass is 16.6. The number of nitrogens with one attached hydrogen (secondary N) is 1. The quantitative estimate of drug-likeness (QED) is 0.812.